The van der Waals surface area contributed by atoms with E-state index in [9.17, 15) is 4.79 Å². The maximum absolute atomic E-state index is 12.6. The van der Waals surface area contributed by atoms with Crippen LogP contribution in [0, 0.1) is 0 Å². The number of H-pyrrole nitrogens is 1. The molecule has 1 aliphatic rings. The van der Waals surface area contributed by atoms with Crippen LogP contribution >= 0.6 is 0 Å². The molecule has 0 unspecified atom stereocenters. The van der Waals surface area contributed by atoms with Crippen molar-refractivity contribution < 1.29 is 4.74 Å². The fourth-order valence-electron chi connectivity index (χ4n) is 3.42. The van der Waals surface area contributed by atoms with Crippen LogP contribution in [0.1, 0.15) is 16.8 Å². The Balaban J connectivity index is 1.59. The first-order chi connectivity index (χ1) is 12.7. The van der Waals surface area contributed by atoms with Crippen molar-refractivity contribution in [2.75, 3.05) is 13.7 Å². The van der Waals surface area contributed by atoms with E-state index >= 15 is 0 Å². The molecule has 0 radical (unpaired) electrons. The number of benzene rings is 2. The van der Waals surface area contributed by atoms with Crippen LogP contribution in [0.25, 0.3) is 11.4 Å². The van der Waals surface area contributed by atoms with E-state index in [0.29, 0.717) is 12.4 Å². The van der Waals surface area contributed by atoms with Gasteiger partial charge in [0.05, 0.1) is 18.4 Å². The molecule has 0 atom stereocenters. The molecule has 132 valence electrons. The fraction of sp³-hybridized carbons (Fsp3) is 0.238. The molecule has 26 heavy (non-hydrogen) atoms. The van der Waals surface area contributed by atoms with Gasteiger partial charge in [-0.05, 0) is 6.07 Å². The summed E-state index contributed by atoms with van der Waals surface area (Å²) in [6.45, 7) is 2.23. The average molecular weight is 347 g/mol. The van der Waals surface area contributed by atoms with Gasteiger partial charge in [0.1, 0.15) is 11.6 Å². The largest absolute Gasteiger partial charge is 0.496 e. The number of ether oxygens (including phenoxy) is 1. The Morgan fingerprint density at radius 1 is 1.12 bits per heavy atom. The summed E-state index contributed by atoms with van der Waals surface area (Å²) in [5, 5.41) is 0. The van der Waals surface area contributed by atoms with Crippen LogP contribution in [-0.4, -0.2) is 28.5 Å². The van der Waals surface area contributed by atoms with Crippen LogP contribution in [0.4, 0.5) is 0 Å². The molecular weight excluding hydrogens is 326 g/mol. The Labute approximate surface area is 152 Å². The summed E-state index contributed by atoms with van der Waals surface area (Å²) >= 11 is 0. The molecule has 0 amide bonds. The summed E-state index contributed by atoms with van der Waals surface area (Å²) in [6, 6.07) is 17.8. The van der Waals surface area contributed by atoms with Crippen molar-refractivity contribution >= 4 is 0 Å². The number of methoxy groups -OCH3 is 1. The zero-order chi connectivity index (χ0) is 17.9. The second kappa shape index (κ2) is 7.14. The number of aromatic nitrogens is 2. The van der Waals surface area contributed by atoms with E-state index in [1.54, 1.807) is 7.11 Å². The number of rotatable bonds is 4. The summed E-state index contributed by atoms with van der Waals surface area (Å²) in [6.07, 6.45) is 0.772. The van der Waals surface area contributed by atoms with E-state index in [4.69, 9.17) is 9.72 Å². The molecule has 0 bridgehead atoms. The maximum atomic E-state index is 12.6. The van der Waals surface area contributed by atoms with Crippen LogP contribution in [0.3, 0.4) is 0 Å². The molecule has 3 aromatic rings. The quantitative estimate of drug-likeness (QED) is 0.788. The molecule has 5 nitrogen and oxygen atoms in total. The number of nitrogens with one attached hydrogen (secondary N) is 1. The number of nitrogens with zero attached hydrogens (tertiary/aromatic N) is 2. The van der Waals surface area contributed by atoms with Gasteiger partial charge in [-0.3, -0.25) is 9.69 Å². The van der Waals surface area contributed by atoms with Crippen molar-refractivity contribution in [2.24, 2.45) is 0 Å². The van der Waals surface area contributed by atoms with Gasteiger partial charge in [-0.2, -0.15) is 0 Å². The van der Waals surface area contributed by atoms with Gasteiger partial charge in [-0.25, -0.2) is 4.98 Å². The first-order valence-electron chi connectivity index (χ1n) is 8.76. The molecule has 2 heterocycles. The predicted octanol–water partition coefficient (Wildman–Crippen LogP) is 3.00. The molecule has 2 aromatic carbocycles. The first-order valence-corrected chi connectivity index (χ1v) is 8.76. The molecule has 5 heteroatoms. The third kappa shape index (κ3) is 3.26. The minimum absolute atomic E-state index is 0.0430. The third-order valence-electron chi connectivity index (χ3n) is 4.78. The van der Waals surface area contributed by atoms with Crippen molar-refractivity contribution in [1.82, 2.24) is 14.9 Å². The van der Waals surface area contributed by atoms with Crippen molar-refractivity contribution in [3.63, 3.8) is 0 Å². The van der Waals surface area contributed by atoms with Gasteiger partial charge in [0.15, 0.2) is 0 Å². The van der Waals surface area contributed by atoms with E-state index in [1.165, 1.54) is 0 Å². The number of hydrogen-bond acceptors (Lipinski definition) is 4. The molecule has 0 spiro atoms. The Kier molecular flexibility index (Phi) is 4.54. The zero-order valence-corrected chi connectivity index (χ0v) is 14.7. The monoisotopic (exact) mass is 347 g/mol. The lowest BCUT2D eigenvalue weighted by atomic mass is 10.0. The number of hydrogen-bond donors (Lipinski definition) is 1. The van der Waals surface area contributed by atoms with Gasteiger partial charge in [0.25, 0.3) is 5.56 Å². The Bertz CT molecular complexity index is 966. The van der Waals surface area contributed by atoms with Crippen LogP contribution in [-0.2, 0) is 19.5 Å². The van der Waals surface area contributed by atoms with Crippen LogP contribution in [0.15, 0.2) is 59.4 Å². The minimum Gasteiger partial charge on any atom is -0.496 e. The van der Waals surface area contributed by atoms with E-state index in [1.807, 2.05) is 48.5 Å². The molecule has 1 aliphatic heterocycles. The minimum atomic E-state index is -0.0430. The fourth-order valence-corrected chi connectivity index (χ4v) is 3.42. The summed E-state index contributed by atoms with van der Waals surface area (Å²) < 4.78 is 5.44. The second-order valence-electron chi connectivity index (χ2n) is 6.48. The van der Waals surface area contributed by atoms with Gasteiger partial charge in [0.2, 0.25) is 0 Å². The van der Waals surface area contributed by atoms with Crippen molar-refractivity contribution in [1.29, 1.82) is 0 Å². The normalized spacial score (nSPS) is 14.0. The van der Waals surface area contributed by atoms with Crippen LogP contribution in [0.5, 0.6) is 5.75 Å². The lowest BCUT2D eigenvalue weighted by molar-refractivity contribution is 0.238. The second-order valence-corrected chi connectivity index (χ2v) is 6.48. The highest BCUT2D eigenvalue weighted by Gasteiger charge is 2.22. The molecule has 0 aliphatic carbocycles. The van der Waals surface area contributed by atoms with Gasteiger partial charge in [-0.1, -0.05) is 48.5 Å². The van der Waals surface area contributed by atoms with Gasteiger partial charge < -0.3 is 9.72 Å². The van der Waals surface area contributed by atoms with E-state index in [2.05, 4.69) is 16.0 Å². The van der Waals surface area contributed by atoms with Gasteiger partial charge in [0, 0.05) is 37.2 Å². The molecule has 0 fully saturated rings. The number of fused-ring (bicyclic) bond motifs is 1. The highest BCUT2D eigenvalue weighted by molar-refractivity contribution is 5.54. The summed E-state index contributed by atoms with van der Waals surface area (Å²) in [5.74, 6) is 1.53. The molecule has 0 saturated heterocycles. The lowest BCUT2D eigenvalue weighted by Crippen LogP contribution is -2.35. The molecular formula is C21H21N3O2. The van der Waals surface area contributed by atoms with Gasteiger partial charge >= 0.3 is 0 Å². The van der Waals surface area contributed by atoms with Crippen molar-refractivity contribution in [2.45, 2.75) is 19.5 Å². The molecule has 1 aromatic heterocycles. The average Bonchev–Trinajstić information content (AvgIpc) is 2.69. The number of aromatic amines is 1. The Morgan fingerprint density at radius 3 is 2.69 bits per heavy atom. The smallest absolute Gasteiger partial charge is 0.255 e. The van der Waals surface area contributed by atoms with E-state index in [-0.39, 0.29) is 5.56 Å². The Hall–Kier alpha value is -2.92. The summed E-state index contributed by atoms with van der Waals surface area (Å²) in [7, 11) is 1.68. The van der Waals surface area contributed by atoms with Crippen molar-refractivity contribution in [3.05, 3.63) is 81.8 Å². The standard InChI is InChI=1S/C21H21N3O2/c1-26-19-10-6-5-9-16(19)13-24-12-11-18-17(14-24)21(25)23-20(22-18)15-7-3-2-4-8-15/h2-10H,11-14H2,1H3,(H,22,23,25). The van der Waals surface area contributed by atoms with Crippen LogP contribution in [0.2, 0.25) is 0 Å². The lowest BCUT2D eigenvalue weighted by Gasteiger charge is -2.28. The van der Waals surface area contributed by atoms with E-state index in [0.717, 1.165) is 47.6 Å². The van der Waals surface area contributed by atoms with Gasteiger partial charge in [-0.15, -0.1) is 0 Å². The Morgan fingerprint density at radius 2 is 1.88 bits per heavy atom. The third-order valence-corrected chi connectivity index (χ3v) is 4.78. The highest BCUT2D eigenvalue weighted by Crippen LogP contribution is 2.23. The molecule has 0 saturated carbocycles. The number of para-hydroxylation sites is 1. The predicted molar refractivity (Wildman–Crippen MR) is 101 cm³/mol. The topological polar surface area (TPSA) is 58.2 Å². The summed E-state index contributed by atoms with van der Waals surface area (Å²) in [4.78, 5) is 22.5. The zero-order valence-electron chi connectivity index (χ0n) is 14.7. The highest BCUT2D eigenvalue weighted by atomic mass is 16.5. The van der Waals surface area contributed by atoms with E-state index < -0.39 is 0 Å². The van der Waals surface area contributed by atoms with Crippen LogP contribution < -0.4 is 10.3 Å². The SMILES string of the molecule is COc1ccccc1CN1CCc2nc(-c3ccccc3)[nH]c(=O)c2C1. The molecule has 4 rings (SSSR count). The first kappa shape index (κ1) is 16.5. The summed E-state index contributed by atoms with van der Waals surface area (Å²) in [5.41, 5.74) is 3.70. The van der Waals surface area contributed by atoms with Crippen molar-refractivity contribution in [3.8, 4) is 17.1 Å². The maximum Gasteiger partial charge on any atom is 0.255 e. The molecule has 1 N–H and O–H groups in total.